The average Bonchev–Trinajstić information content (AvgIpc) is 3.63. The van der Waals surface area contributed by atoms with Crippen LogP contribution in [0.5, 0.6) is 0 Å². The Labute approximate surface area is 187 Å². The van der Waals surface area contributed by atoms with Crippen molar-refractivity contribution < 1.29 is 4.79 Å². The van der Waals surface area contributed by atoms with Gasteiger partial charge in [0.05, 0.1) is 11.4 Å². The monoisotopic (exact) mass is 422 g/mol. The van der Waals surface area contributed by atoms with Gasteiger partial charge in [-0.3, -0.25) is 4.79 Å². The Balaban J connectivity index is 0.00000132. The van der Waals surface area contributed by atoms with Crippen LogP contribution in [0.2, 0.25) is 0 Å². The van der Waals surface area contributed by atoms with Crippen LogP contribution in [0.3, 0.4) is 0 Å². The number of nitrogens with zero attached hydrogens (tertiary/aromatic N) is 2. The Kier molecular flexibility index (Phi) is 8.35. The third-order valence-electron chi connectivity index (χ3n) is 6.22. The molecule has 2 fully saturated rings. The van der Waals surface area contributed by atoms with Gasteiger partial charge in [0.25, 0.3) is 5.91 Å². The molecule has 1 aliphatic carbocycles. The highest BCUT2D eigenvalue weighted by atomic mass is 16.1. The van der Waals surface area contributed by atoms with Crippen LogP contribution >= 0.6 is 0 Å². The molecule has 168 valence electrons. The summed E-state index contributed by atoms with van der Waals surface area (Å²) in [5, 5.41) is 2.89. The van der Waals surface area contributed by atoms with Crippen molar-refractivity contribution in [3.8, 4) is 0 Å². The fraction of sp³-hybridized carbons (Fsp3) is 0.500. The highest BCUT2D eigenvalue weighted by Gasteiger charge is 2.28. The zero-order chi connectivity index (χ0) is 22.2. The van der Waals surface area contributed by atoms with Gasteiger partial charge < -0.3 is 20.9 Å². The molecule has 2 aromatic carbocycles. The van der Waals surface area contributed by atoms with Gasteiger partial charge in [-0.1, -0.05) is 26.0 Å². The van der Waals surface area contributed by atoms with Gasteiger partial charge in [0.2, 0.25) is 0 Å². The fourth-order valence-corrected chi connectivity index (χ4v) is 4.34. The summed E-state index contributed by atoms with van der Waals surface area (Å²) in [4.78, 5) is 17.7. The first-order valence-electron chi connectivity index (χ1n) is 11.9. The summed E-state index contributed by atoms with van der Waals surface area (Å²) in [6.07, 6.45) is 5.29. The number of amides is 1. The molecule has 2 aromatic rings. The van der Waals surface area contributed by atoms with E-state index in [1.807, 2.05) is 44.2 Å². The van der Waals surface area contributed by atoms with E-state index < -0.39 is 0 Å². The number of nitrogens with one attached hydrogen (secondary N) is 1. The van der Waals surface area contributed by atoms with E-state index >= 15 is 0 Å². The molecule has 4 rings (SSSR count). The van der Waals surface area contributed by atoms with Gasteiger partial charge in [-0.05, 0) is 74.9 Å². The summed E-state index contributed by atoms with van der Waals surface area (Å²) in [6.45, 7) is 10.9. The number of nitrogens with two attached hydrogens (primary N) is 1. The summed E-state index contributed by atoms with van der Waals surface area (Å²) < 4.78 is 0. The fourth-order valence-electron chi connectivity index (χ4n) is 4.34. The SMILES string of the molecule is CC.CCN(c1ccc(C(=O)Nc2ccccc2N)cc1)C1CCN(CC2CC2)CC1. The number of nitrogen functional groups attached to an aromatic ring is 1. The molecule has 0 spiro atoms. The first-order chi connectivity index (χ1) is 15.1. The zero-order valence-electron chi connectivity index (χ0n) is 19.3. The molecule has 0 aromatic heterocycles. The first kappa shape index (κ1) is 23.1. The van der Waals surface area contributed by atoms with E-state index in [2.05, 4.69) is 34.2 Å². The summed E-state index contributed by atoms with van der Waals surface area (Å²) >= 11 is 0. The number of para-hydroxylation sites is 2. The number of hydrogen-bond donors (Lipinski definition) is 2. The molecule has 0 bridgehead atoms. The lowest BCUT2D eigenvalue weighted by Gasteiger charge is -2.39. The lowest BCUT2D eigenvalue weighted by molar-refractivity contribution is 0.102. The number of piperidine rings is 1. The van der Waals surface area contributed by atoms with Gasteiger partial charge in [0, 0.05) is 43.5 Å². The van der Waals surface area contributed by atoms with Gasteiger partial charge in [-0.15, -0.1) is 0 Å². The molecule has 0 unspecified atom stereocenters. The average molecular weight is 423 g/mol. The Hall–Kier alpha value is -2.53. The van der Waals surface area contributed by atoms with Crippen LogP contribution in [0.15, 0.2) is 48.5 Å². The number of rotatable bonds is 7. The lowest BCUT2D eigenvalue weighted by Crippen LogP contribution is -2.45. The van der Waals surface area contributed by atoms with Gasteiger partial charge in [-0.25, -0.2) is 0 Å². The Morgan fingerprint density at radius 3 is 2.26 bits per heavy atom. The third kappa shape index (κ3) is 6.23. The molecular formula is C26H38N4O. The predicted octanol–water partition coefficient (Wildman–Crippen LogP) is 5.25. The standard InChI is InChI=1S/C24H32N4O.C2H6/c1-2-28(21-13-15-27(16-14-21)17-18-7-8-18)20-11-9-19(10-12-20)24(29)26-23-6-4-3-5-22(23)25;1-2/h3-6,9-12,18,21H,2,7-8,13-17,25H2,1H3,(H,26,29);1-2H3. The van der Waals surface area contributed by atoms with Crippen LogP contribution < -0.4 is 16.0 Å². The van der Waals surface area contributed by atoms with Crippen molar-refractivity contribution >= 4 is 23.0 Å². The number of likely N-dealkylation sites (tertiary alicyclic amines) is 1. The largest absolute Gasteiger partial charge is 0.397 e. The Bertz CT molecular complexity index is 824. The second kappa shape index (κ2) is 11.2. The second-order valence-electron chi connectivity index (χ2n) is 8.35. The molecule has 1 heterocycles. The molecule has 1 saturated heterocycles. The van der Waals surface area contributed by atoms with Crippen LogP contribution in [-0.4, -0.2) is 43.0 Å². The molecule has 5 nitrogen and oxygen atoms in total. The van der Waals surface area contributed by atoms with Crippen LogP contribution in [0.25, 0.3) is 0 Å². The molecule has 1 saturated carbocycles. The van der Waals surface area contributed by atoms with E-state index in [-0.39, 0.29) is 5.91 Å². The molecule has 0 atom stereocenters. The zero-order valence-corrected chi connectivity index (χ0v) is 19.3. The van der Waals surface area contributed by atoms with E-state index in [0.29, 0.717) is 23.0 Å². The van der Waals surface area contributed by atoms with Crippen molar-refractivity contribution in [2.45, 2.75) is 52.5 Å². The van der Waals surface area contributed by atoms with E-state index in [9.17, 15) is 4.79 Å². The van der Waals surface area contributed by atoms with Crippen molar-refractivity contribution in [3.63, 3.8) is 0 Å². The maximum atomic E-state index is 12.6. The maximum Gasteiger partial charge on any atom is 0.255 e. The third-order valence-corrected chi connectivity index (χ3v) is 6.22. The molecule has 3 N–H and O–H groups in total. The van der Waals surface area contributed by atoms with Gasteiger partial charge in [-0.2, -0.15) is 0 Å². The quantitative estimate of drug-likeness (QED) is 0.599. The van der Waals surface area contributed by atoms with Crippen molar-refractivity contribution in [2.24, 2.45) is 5.92 Å². The summed E-state index contributed by atoms with van der Waals surface area (Å²) in [6, 6.07) is 15.9. The highest BCUT2D eigenvalue weighted by molar-refractivity contribution is 6.05. The minimum Gasteiger partial charge on any atom is -0.397 e. The normalized spacial score (nSPS) is 16.9. The first-order valence-corrected chi connectivity index (χ1v) is 11.9. The molecule has 1 aliphatic heterocycles. The number of carbonyl (C=O) groups excluding carboxylic acids is 1. The summed E-state index contributed by atoms with van der Waals surface area (Å²) in [5.74, 6) is 0.838. The van der Waals surface area contributed by atoms with E-state index in [0.717, 1.165) is 12.5 Å². The van der Waals surface area contributed by atoms with Gasteiger partial charge in [0.1, 0.15) is 0 Å². The molecule has 31 heavy (non-hydrogen) atoms. The van der Waals surface area contributed by atoms with E-state index in [4.69, 9.17) is 5.73 Å². The molecule has 5 heteroatoms. The number of benzene rings is 2. The topological polar surface area (TPSA) is 61.6 Å². The number of carbonyl (C=O) groups is 1. The van der Waals surface area contributed by atoms with Crippen LogP contribution in [-0.2, 0) is 0 Å². The molecule has 1 amide bonds. The number of hydrogen-bond acceptors (Lipinski definition) is 4. The Morgan fingerprint density at radius 2 is 1.68 bits per heavy atom. The predicted molar refractivity (Wildman–Crippen MR) is 132 cm³/mol. The lowest BCUT2D eigenvalue weighted by atomic mass is 10.0. The molecular weight excluding hydrogens is 384 g/mol. The van der Waals surface area contributed by atoms with Crippen LogP contribution in [0.4, 0.5) is 17.1 Å². The van der Waals surface area contributed by atoms with Crippen molar-refractivity contribution in [1.29, 1.82) is 0 Å². The number of anilines is 3. The molecule has 0 radical (unpaired) electrons. The Morgan fingerprint density at radius 1 is 1.03 bits per heavy atom. The van der Waals surface area contributed by atoms with Crippen LogP contribution in [0, 0.1) is 5.92 Å². The molecule has 2 aliphatic rings. The van der Waals surface area contributed by atoms with Crippen molar-refractivity contribution in [2.75, 3.05) is 42.1 Å². The second-order valence-corrected chi connectivity index (χ2v) is 8.35. The van der Waals surface area contributed by atoms with Gasteiger partial charge in [0.15, 0.2) is 0 Å². The maximum absolute atomic E-state index is 12.6. The van der Waals surface area contributed by atoms with Crippen LogP contribution in [0.1, 0.15) is 56.8 Å². The summed E-state index contributed by atoms with van der Waals surface area (Å²) in [7, 11) is 0. The van der Waals surface area contributed by atoms with E-state index in [1.165, 1.54) is 51.0 Å². The van der Waals surface area contributed by atoms with Crippen molar-refractivity contribution in [1.82, 2.24) is 4.90 Å². The van der Waals surface area contributed by atoms with E-state index in [1.54, 1.807) is 6.07 Å². The summed E-state index contributed by atoms with van der Waals surface area (Å²) in [5.41, 5.74) is 8.99. The smallest absolute Gasteiger partial charge is 0.255 e. The minimum atomic E-state index is -0.133. The van der Waals surface area contributed by atoms with Gasteiger partial charge >= 0.3 is 0 Å². The van der Waals surface area contributed by atoms with Crippen molar-refractivity contribution in [3.05, 3.63) is 54.1 Å². The highest BCUT2D eigenvalue weighted by Crippen LogP contribution is 2.31. The minimum absolute atomic E-state index is 0.133.